The van der Waals surface area contributed by atoms with Crippen molar-refractivity contribution in [3.63, 3.8) is 0 Å². The summed E-state index contributed by atoms with van der Waals surface area (Å²) < 4.78 is 10.6. The van der Waals surface area contributed by atoms with Crippen LogP contribution in [0.5, 0.6) is 0 Å². The van der Waals surface area contributed by atoms with Gasteiger partial charge in [0.1, 0.15) is 11.2 Å². The Hall–Kier alpha value is -2.28. The van der Waals surface area contributed by atoms with Crippen LogP contribution in [0.25, 0.3) is 0 Å². The molecule has 1 unspecified atom stereocenters. The fourth-order valence-corrected chi connectivity index (χ4v) is 2.33. The van der Waals surface area contributed by atoms with E-state index in [1.807, 2.05) is 30.3 Å². The highest BCUT2D eigenvalue weighted by atomic mass is 16.6. The van der Waals surface area contributed by atoms with Crippen molar-refractivity contribution in [1.82, 2.24) is 10.2 Å². The summed E-state index contributed by atoms with van der Waals surface area (Å²) in [6, 6.07) is 9.51. The molecule has 1 aromatic carbocycles. The topological polar surface area (TPSA) is 88.1 Å². The highest BCUT2D eigenvalue weighted by Gasteiger charge is 2.24. The van der Waals surface area contributed by atoms with Crippen LogP contribution < -0.4 is 5.32 Å². The van der Waals surface area contributed by atoms with Gasteiger partial charge in [-0.15, -0.1) is 0 Å². The molecular formula is C21H34N2O5. The van der Waals surface area contributed by atoms with Crippen LogP contribution in [-0.4, -0.2) is 52.6 Å². The fourth-order valence-electron chi connectivity index (χ4n) is 2.33. The molecule has 1 aromatic rings. The largest absolute Gasteiger partial charge is 0.444 e. The van der Waals surface area contributed by atoms with Gasteiger partial charge in [-0.3, -0.25) is 0 Å². The quantitative estimate of drug-likeness (QED) is 0.736. The molecule has 7 nitrogen and oxygen atoms in total. The Morgan fingerprint density at radius 3 is 2.14 bits per heavy atom. The molecule has 7 heteroatoms. The van der Waals surface area contributed by atoms with Gasteiger partial charge < -0.3 is 24.8 Å². The minimum absolute atomic E-state index is 0.0970. The fraction of sp³-hybridized carbons (Fsp3) is 0.619. The number of alkyl carbamates (subject to hydrolysis) is 1. The van der Waals surface area contributed by atoms with Gasteiger partial charge >= 0.3 is 12.2 Å². The average molecular weight is 395 g/mol. The van der Waals surface area contributed by atoms with Crippen LogP contribution in [0.3, 0.4) is 0 Å². The Morgan fingerprint density at radius 2 is 1.61 bits per heavy atom. The molecule has 0 aliphatic rings. The molecule has 0 heterocycles. The second-order valence-electron chi connectivity index (χ2n) is 8.72. The number of aliphatic hydroxyl groups is 1. The molecule has 158 valence electrons. The summed E-state index contributed by atoms with van der Waals surface area (Å²) in [5.41, 5.74) is -0.270. The van der Waals surface area contributed by atoms with Crippen LogP contribution in [0.2, 0.25) is 0 Å². The average Bonchev–Trinajstić information content (AvgIpc) is 2.52. The van der Waals surface area contributed by atoms with Gasteiger partial charge in [0.15, 0.2) is 0 Å². The number of benzene rings is 1. The normalized spacial score (nSPS) is 12.8. The zero-order valence-electron chi connectivity index (χ0n) is 17.8. The van der Waals surface area contributed by atoms with Crippen LogP contribution in [0.15, 0.2) is 30.3 Å². The van der Waals surface area contributed by atoms with E-state index >= 15 is 0 Å². The van der Waals surface area contributed by atoms with E-state index in [4.69, 9.17) is 9.47 Å². The lowest BCUT2D eigenvalue weighted by atomic mass is 10.2. The first-order chi connectivity index (χ1) is 12.9. The molecular weight excluding hydrogens is 360 g/mol. The molecule has 0 saturated carbocycles. The van der Waals surface area contributed by atoms with Gasteiger partial charge in [-0.05, 0) is 53.5 Å². The van der Waals surface area contributed by atoms with Crippen molar-refractivity contribution in [1.29, 1.82) is 0 Å². The number of nitrogens with zero attached hydrogens (tertiary/aromatic N) is 1. The van der Waals surface area contributed by atoms with Gasteiger partial charge in [0.05, 0.1) is 12.6 Å². The van der Waals surface area contributed by atoms with E-state index in [0.717, 1.165) is 5.56 Å². The number of hydrogen-bond acceptors (Lipinski definition) is 5. The molecule has 0 radical (unpaired) electrons. The van der Waals surface area contributed by atoms with E-state index in [1.165, 1.54) is 4.90 Å². The Labute approximate surface area is 168 Å². The molecule has 0 aromatic heterocycles. The van der Waals surface area contributed by atoms with Crippen LogP contribution in [0.1, 0.15) is 53.5 Å². The minimum atomic E-state index is -0.814. The third-order valence-electron chi connectivity index (χ3n) is 3.44. The Kier molecular flexibility index (Phi) is 8.75. The molecule has 0 fully saturated rings. The number of hydrogen-bond donors (Lipinski definition) is 2. The van der Waals surface area contributed by atoms with E-state index in [-0.39, 0.29) is 19.5 Å². The lowest BCUT2D eigenvalue weighted by molar-refractivity contribution is 0.0114. The van der Waals surface area contributed by atoms with Gasteiger partial charge in [0.25, 0.3) is 0 Å². The number of amides is 2. The van der Waals surface area contributed by atoms with Crippen LogP contribution in [0, 0.1) is 0 Å². The number of carbonyl (C=O) groups is 2. The van der Waals surface area contributed by atoms with Gasteiger partial charge in [-0.2, -0.15) is 0 Å². The third-order valence-corrected chi connectivity index (χ3v) is 3.44. The molecule has 0 aliphatic carbocycles. The Bertz CT molecular complexity index is 620. The Balaban J connectivity index is 2.61. The zero-order valence-corrected chi connectivity index (χ0v) is 17.8. The molecule has 1 atom stereocenters. The molecule has 1 rings (SSSR count). The maximum atomic E-state index is 12.5. The number of carbonyl (C=O) groups excluding carboxylic acids is 2. The van der Waals surface area contributed by atoms with Gasteiger partial charge in [0.2, 0.25) is 0 Å². The molecule has 2 amide bonds. The number of rotatable bonds is 7. The SMILES string of the molecule is CC(C)(C)OC(=O)NCCC(O)CN(Cc1ccccc1)C(=O)OC(C)(C)C. The summed E-state index contributed by atoms with van der Waals surface area (Å²) in [7, 11) is 0. The summed E-state index contributed by atoms with van der Waals surface area (Å²) in [5, 5.41) is 13.0. The molecule has 2 N–H and O–H groups in total. The standard InChI is InChI=1S/C21H34N2O5/c1-20(2,3)27-18(25)22-13-12-17(24)15-23(19(26)28-21(4,5)6)14-16-10-8-7-9-11-16/h7-11,17,24H,12-15H2,1-6H3,(H,22,25). The van der Waals surface area contributed by atoms with E-state index in [0.29, 0.717) is 6.54 Å². The second-order valence-corrected chi connectivity index (χ2v) is 8.72. The van der Waals surface area contributed by atoms with Crippen molar-refractivity contribution in [2.45, 2.75) is 71.8 Å². The van der Waals surface area contributed by atoms with Gasteiger partial charge in [-0.25, -0.2) is 9.59 Å². The number of nitrogens with one attached hydrogen (secondary N) is 1. The lowest BCUT2D eigenvalue weighted by Crippen LogP contribution is -2.41. The van der Waals surface area contributed by atoms with Crippen LogP contribution >= 0.6 is 0 Å². The first-order valence-electron chi connectivity index (χ1n) is 9.52. The smallest absolute Gasteiger partial charge is 0.410 e. The zero-order chi connectivity index (χ0) is 21.4. The van der Waals surface area contributed by atoms with Crippen molar-refractivity contribution in [2.75, 3.05) is 13.1 Å². The predicted molar refractivity (Wildman–Crippen MR) is 108 cm³/mol. The molecule has 0 spiro atoms. The summed E-state index contributed by atoms with van der Waals surface area (Å²) in [6.07, 6.45) is -1.55. The highest BCUT2D eigenvalue weighted by molar-refractivity contribution is 5.68. The minimum Gasteiger partial charge on any atom is -0.444 e. The van der Waals surface area contributed by atoms with Gasteiger partial charge in [0, 0.05) is 13.1 Å². The van der Waals surface area contributed by atoms with Crippen LogP contribution in [0.4, 0.5) is 9.59 Å². The van der Waals surface area contributed by atoms with E-state index in [1.54, 1.807) is 41.5 Å². The first kappa shape index (κ1) is 23.8. The second kappa shape index (κ2) is 10.3. The predicted octanol–water partition coefficient (Wildman–Crippen LogP) is 3.70. The summed E-state index contributed by atoms with van der Waals surface area (Å²) in [5.74, 6) is 0. The highest BCUT2D eigenvalue weighted by Crippen LogP contribution is 2.14. The third kappa shape index (κ3) is 10.8. The molecule has 28 heavy (non-hydrogen) atoms. The summed E-state index contributed by atoms with van der Waals surface area (Å²) >= 11 is 0. The monoisotopic (exact) mass is 394 g/mol. The van der Waals surface area contributed by atoms with Crippen molar-refractivity contribution in [3.05, 3.63) is 35.9 Å². The number of aliphatic hydroxyl groups excluding tert-OH is 1. The Morgan fingerprint density at radius 1 is 1.04 bits per heavy atom. The summed E-state index contributed by atoms with van der Waals surface area (Å²) in [4.78, 5) is 25.7. The first-order valence-corrected chi connectivity index (χ1v) is 9.52. The van der Waals surface area contributed by atoms with Crippen molar-refractivity contribution < 1.29 is 24.2 Å². The maximum Gasteiger partial charge on any atom is 0.410 e. The van der Waals surface area contributed by atoms with E-state index < -0.39 is 29.5 Å². The summed E-state index contributed by atoms with van der Waals surface area (Å²) in [6.45, 7) is 11.4. The van der Waals surface area contributed by atoms with Crippen molar-refractivity contribution >= 4 is 12.2 Å². The maximum absolute atomic E-state index is 12.5. The van der Waals surface area contributed by atoms with Crippen molar-refractivity contribution in [2.24, 2.45) is 0 Å². The molecule has 0 bridgehead atoms. The van der Waals surface area contributed by atoms with E-state index in [9.17, 15) is 14.7 Å². The van der Waals surface area contributed by atoms with E-state index in [2.05, 4.69) is 5.32 Å². The number of ether oxygens (including phenoxy) is 2. The molecule has 0 aliphatic heterocycles. The molecule has 0 saturated heterocycles. The lowest BCUT2D eigenvalue weighted by Gasteiger charge is -2.29. The van der Waals surface area contributed by atoms with Crippen molar-refractivity contribution in [3.8, 4) is 0 Å². The van der Waals surface area contributed by atoms with Crippen LogP contribution in [-0.2, 0) is 16.0 Å². The van der Waals surface area contributed by atoms with Gasteiger partial charge in [-0.1, -0.05) is 30.3 Å².